The van der Waals surface area contributed by atoms with Gasteiger partial charge in [0.25, 0.3) is 0 Å². The maximum absolute atomic E-state index is 11.9. The zero-order valence-electron chi connectivity index (χ0n) is 11.4. The lowest BCUT2D eigenvalue weighted by atomic mass is 9.80. The summed E-state index contributed by atoms with van der Waals surface area (Å²) in [5.74, 6) is 0. The van der Waals surface area contributed by atoms with Crippen molar-refractivity contribution in [2.24, 2.45) is 0 Å². The van der Waals surface area contributed by atoms with E-state index in [1.54, 1.807) is 30.3 Å². The van der Waals surface area contributed by atoms with E-state index in [4.69, 9.17) is 4.10 Å². The summed E-state index contributed by atoms with van der Waals surface area (Å²) >= 11 is 0. The van der Waals surface area contributed by atoms with Crippen molar-refractivity contribution in [1.29, 1.82) is 0 Å². The van der Waals surface area contributed by atoms with E-state index in [-0.39, 0.29) is 6.17 Å². The zero-order chi connectivity index (χ0) is 14.6. The molecule has 20 heavy (non-hydrogen) atoms. The Morgan fingerprint density at radius 2 is 2.15 bits per heavy atom. The molecular weight excluding hydrogens is 279 g/mol. The Bertz CT molecular complexity index is 526. The van der Waals surface area contributed by atoms with Gasteiger partial charge in [0.1, 0.15) is 0 Å². The molecular formula is C12H19BN2O4S. The van der Waals surface area contributed by atoms with Crippen molar-refractivity contribution in [3.63, 3.8) is 0 Å². The van der Waals surface area contributed by atoms with Gasteiger partial charge < -0.3 is 5.02 Å². The molecule has 8 heteroatoms. The third kappa shape index (κ3) is 4.03. The lowest BCUT2D eigenvalue weighted by Gasteiger charge is -2.23. The molecule has 0 spiro atoms. The monoisotopic (exact) mass is 298 g/mol. The molecule has 6 nitrogen and oxygen atoms in total. The largest absolute Gasteiger partial charge is 0.508 e. The van der Waals surface area contributed by atoms with Gasteiger partial charge in [-0.05, 0) is 31.4 Å². The zero-order valence-corrected chi connectivity index (χ0v) is 12.2. The van der Waals surface area contributed by atoms with Crippen molar-refractivity contribution >= 4 is 22.9 Å². The van der Waals surface area contributed by atoms with Crippen LogP contribution in [0.5, 0.6) is 0 Å². The Kier molecular flexibility index (Phi) is 5.17. The number of rotatable bonds is 6. The quantitative estimate of drug-likeness (QED) is 0.703. The summed E-state index contributed by atoms with van der Waals surface area (Å²) in [4.78, 5) is 2.02. The van der Waals surface area contributed by atoms with Crippen molar-refractivity contribution in [3.8, 4) is 0 Å². The van der Waals surface area contributed by atoms with Crippen LogP contribution >= 0.6 is 0 Å². The normalized spacial score (nSPS) is 20.2. The molecule has 1 atom stereocenters. The Labute approximate surface area is 120 Å². The predicted octanol–water partition coefficient (Wildman–Crippen LogP) is -0.333. The first-order valence-corrected chi connectivity index (χ1v) is 8.10. The first kappa shape index (κ1) is 15.5. The minimum atomic E-state index is -4.00. The number of nitrogens with zero attached hydrogens (tertiary/aromatic N) is 1. The molecule has 1 fully saturated rings. The summed E-state index contributed by atoms with van der Waals surface area (Å²) in [6.45, 7) is 3.62. The van der Waals surface area contributed by atoms with Crippen LogP contribution in [0, 0.1) is 0 Å². The average molecular weight is 298 g/mol. The van der Waals surface area contributed by atoms with E-state index in [1.807, 2.05) is 11.8 Å². The Balaban J connectivity index is 1.97. The summed E-state index contributed by atoms with van der Waals surface area (Å²) < 4.78 is 31.1. The Morgan fingerprint density at radius 3 is 2.80 bits per heavy atom. The van der Waals surface area contributed by atoms with Crippen LogP contribution in [0.2, 0.25) is 0 Å². The molecule has 1 aliphatic rings. The average Bonchev–Trinajstić information content (AvgIpc) is 2.85. The highest BCUT2D eigenvalue weighted by atomic mass is 32.2. The maximum Gasteiger partial charge on any atom is 0.508 e. The highest BCUT2D eigenvalue weighted by molar-refractivity contribution is 7.85. The molecule has 1 aromatic rings. The fourth-order valence-corrected chi connectivity index (χ4v) is 3.33. The molecule has 110 valence electrons. The van der Waals surface area contributed by atoms with Gasteiger partial charge in [-0.15, -0.1) is 0 Å². The van der Waals surface area contributed by atoms with Crippen molar-refractivity contribution in [2.45, 2.75) is 25.9 Å². The van der Waals surface area contributed by atoms with Crippen LogP contribution in [-0.2, 0) is 14.4 Å². The molecule has 2 rings (SSSR count). The van der Waals surface area contributed by atoms with Crippen LogP contribution in [0.3, 0.4) is 0 Å². The first-order chi connectivity index (χ1) is 9.52. The second-order valence-electron chi connectivity index (χ2n) is 4.72. The summed E-state index contributed by atoms with van der Waals surface area (Å²) in [7, 11) is -5.49. The fourth-order valence-electron chi connectivity index (χ4n) is 2.33. The predicted molar refractivity (Wildman–Crippen MR) is 77.5 cm³/mol. The number of hydrogen-bond acceptors (Lipinski definition) is 5. The van der Waals surface area contributed by atoms with Crippen molar-refractivity contribution in [3.05, 3.63) is 30.3 Å². The molecule has 2 N–H and O–H groups in total. The van der Waals surface area contributed by atoms with Crippen molar-refractivity contribution in [2.75, 3.05) is 13.1 Å². The number of benzene rings is 1. The van der Waals surface area contributed by atoms with Gasteiger partial charge in [-0.25, -0.2) is 0 Å². The lowest BCUT2D eigenvalue weighted by Crippen LogP contribution is -2.47. The molecule has 0 bridgehead atoms. The smallest absolute Gasteiger partial charge is 0.422 e. The Morgan fingerprint density at radius 1 is 1.45 bits per heavy atom. The third-order valence-corrected chi connectivity index (χ3v) is 4.35. The van der Waals surface area contributed by atoms with E-state index in [0.717, 1.165) is 25.9 Å². The molecule has 1 heterocycles. The summed E-state index contributed by atoms with van der Waals surface area (Å²) in [5.41, 5.74) is 0.400. The van der Waals surface area contributed by atoms with Crippen LogP contribution in [0.25, 0.3) is 0 Å². The van der Waals surface area contributed by atoms with Crippen LogP contribution in [-0.4, -0.2) is 44.7 Å². The van der Waals surface area contributed by atoms with E-state index < -0.39 is 17.4 Å². The molecule has 1 aliphatic heterocycles. The maximum atomic E-state index is 11.9. The van der Waals surface area contributed by atoms with Crippen LogP contribution in [0.15, 0.2) is 30.3 Å². The fraction of sp³-hybridized carbons (Fsp3) is 0.500. The number of hydrogen-bond donors (Lipinski definition) is 2. The van der Waals surface area contributed by atoms with Gasteiger partial charge in [0.15, 0.2) is 0 Å². The van der Waals surface area contributed by atoms with Gasteiger partial charge >= 0.3 is 17.4 Å². The number of likely N-dealkylation sites (tertiary alicyclic amines) is 1. The summed E-state index contributed by atoms with van der Waals surface area (Å²) in [5, 5.41) is 9.80. The van der Waals surface area contributed by atoms with E-state index >= 15 is 0 Å². The molecule has 0 aliphatic carbocycles. The SMILES string of the molecule is CCN1CCCC1NS(=O)(=O)OB(O)c1ccccc1. The summed E-state index contributed by atoms with van der Waals surface area (Å²) in [6, 6.07) is 8.40. The van der Waals surface area contributed by atoms with E-state index in [0.29, 0.717) is 5.46 Å². The van der Waals surface area contributed by atoms with Gasteiger partial charge in [0.05, 0.1) is 6.17 Å². The van der Waals surface area contributed by atoms with Gasteiger partial charge in [-0.2, -0.15) is 13.1 Å². The van der Waals surface area contributed by atoms with Gasteiger partial charge in [0.2, 0.25) is 0 Å². The number of nitrogens with one attached hydrogen (secondary N) is 1. The molecule has 0 radical (unpaired) electrons. The summed E-state index contributed by atoms with van der Waals surface area (Å²) in [6.07, 6.45) is 1.44. The van der Waals surface area contributed by atoms with Crippen LogP contribution in [0.4, 0.5) is 0 Å². The Hall–Kier alpha value is -0.925. The van der Waals surface area contributed by atoms with Gasteiger partial charge in [-0.1, -0.05) is 37.3 Å². The van der Waals surface area contributed by atoms with E-state index in [9.17, 15) is 13.4 Å². The minimum Gasteiger partial charge on any atom is -0.422 e. The molecule has 0 saturated carbocycles. The third-order valence-electron chi connectivity index (χ3n) is 3.35. The molecule has 1 aromatic carbocycles. The molecule has 0 amide bonds. The molecule has 1 unspecified atom stereocenters. The standard InChI is InChI=1S/C12H19BN2O4S/c1-2-15-10-6-9-12(15)14-20(17,18)19-13(16)11-7-4-3-5-8-11/h3-5,7-8,12,14,16H,2,6,9-10H2,1H3. The molecule has 1 saturated heterocycles. The first-order valence-electron chi connectivity index (χ1n) is 6.69. The van der Waals surface area contributed by atoms with Gasteiger partial charge in [-0.3, -0.25) is 9.00 Å². The van der Waals surface area contributed by atoms with E-state index in [2.05, 4.69) is 4.72 Å². The highest BCUT2D eigenvalue weighted by Crippen LogP contribution is 2.15. The second-order valence-corrected chi connectivity index (χ2v) is 6.05. The van der Waals surface area contributed by atoms with Gasteiger partial charge in [0, 0.05) is 0 Å². The lowest BCUT2D eigenvalue weighted by molar-refractivity contribution is 0.249. The van der Waals surface area contributed by atoms with Crippen LogP contribution in [0.1, 0.15) is 19.8 Å². The molecule has 0 aromatic heterocycles. The van der Waals surface area contributed by atoms with E-state index in [1.165, 1.54) is 0 Å². The minimum absolute atomic E-state index is 0.257. The van der Waals surface area contributed by atoms with Crippen molar-refractivity contribution in [1.82, 2.24) is 9.62 Å². The topological polar surface area (TPSA) is 78.9 Å². The van der Waals surface area contributed by atoms with Crippen LogP contribution < -0.4 is 10.2 Å². The highest BCUT2D eigenvalue weighted by Gasteiger charge is 2.31. The van der Waals surface area contributed by atoms with Crippen molar-refractivity contribution < 1.29 is 17.5 Å². The second kappa shape index (κ2) is 6.69.